The molecule has 2 aromatic rings. The van der Waals surface area contributed by atoms with E-state index in [2.05, 4.69) is 15.0 Å². The molecule has 118 valence electrons. The number of nitrogens with zero attached hydrogens (tertiary/aromatic N) is 3. The monoisotopic (exact) mass is 303 g/mol. The Hall–Kier alpha value is -1.92. The van der Waals surface area contributed by atoms with Crippen LogP contribution in [0.2, 0.25) is 0 Å². The third-order valence-corrected chi connectivity index (χ3v) is 4.09. The molecule has 22 heavy (non-hydrogen) atoms. The third-order valence-electron chi connectivity index (χ3n) is 4.09. The Morgan fingerprint density at radius 2 is 2.36 bits per heavy atom. The first-order chi connectivity index (χ1) is 10.7. The van der Waals surface area contributed by atoms with Crippen molar-refractivity contribution in [3.05, 3.63) is 41.5 Å². The van der Waals surface area contributed by atoms with E-state index >= 15 is 0 Å². The second kappa shape index (κ2) is 6.46. The fraction of sp³-hybridized carbons (Fsp3) is 0.500. The summed E-state index contributed by atoms with van der Waals surface area (Å²) in [5.41, 5.74) is 0.856. The van der Waals surface area contributed by atoms with Crippen LogP contribution in [0.4, 0.5) is 0 Å². The third kappa shape index (κ3) is 3.13. The van der Waals surface area contributed by atoms with Gasteiger partial charge in [-0.2, -0.15) is 4.98 Å². The highest BCUT2D eigenvalue weighted by Gasteiger charge is 2.31. The number of hydrogen-bond donors (Lipinski definition) is 1. The molecule has 1 fully saturated rings. The molecule has 1 saturated heterocycles. The molecule has 6 nitrogen and oxygen atoms in total. The molecule has 0 unspecified atom stereocenters. The lowest BCUT2D eigenvalue weighted by molar-refractivity contribution is 0.103. The van der Waals surface area contributed by atoms with Gasteiger partial charge in [0.2, 0.25) is 5.89 Å². The highest BCUT2D eigenvalue weighted by Crippen LogP contribution is 2.32. The average molecular weight is 303 g/mol. The van der Waals surface area contributed by atoms with Crippen LogP contribution in [-0.4, -0.2) is 40.3 Å². The summed E-state index contributed by atoms with van der Waals surface area (Å²) in [4.78, 5) is 6.55. The highest BCUT2D eigenvalue weighted by molar-refractivity contribution is 5.30. The maximum atomic E-state index is 10.5. The van der Waals surface area contributed by atoms with E-state index in [1.807, 2.05) is 24.3 Å². The van der Waals surface area contributed by atoms with Gasteiger partial charge in [0, 0.05) is 13.5 Å². The van der Waals surface area contributed by atoms with Crippen LogP contribution in [0.25, 0.3) is 0 Å². The number of likely N-dealkylation sites (tertiary alicyclic amines) is 1. The molecule has 2 heterocycles. The molecule has 2 atom stereocenters. The lowest BCUT2D eigenvalue weighted by Gasteiger charge is -2.25. The van der Waals surface area contributed by atoms with Gasteiger partial charge in [0.25, 0.3) is 0 Å². The second-order valence-electron chi connectivity index (χ2n) is 5.62. The number of β-amino-alcohol motifs (C(OH)–C–C–N with tert-alkyl or cyclic N) is 1. The number of methoxy groups -OCH3 is 1. The van der Waals surface area contributed by atoms with Gasteiger partial charge in [-0.1, -0.05) is 17.3 Å². The predicted octanol–water partition coefficient (Wildman–Crippen LogP) is 2.26. The quantitative estimate of drug-likeness (QED) is 0.913. The molecular weight excluding hydrogens is 282 g/mol. The van der Waals surface area contributed by atoms with Gasteiger partial charge in [-0.25, -0.2) is 0 Å². The molecule has 0 amide bonds. The van der Waals surface area contributed by atoms with E-state index < -0.39 is 6.10 Å². The van der Waals surface area contributed by atoms with E-state index in [9.17, 15) is 5.11 Å². The van der Waals surface area contributed by atoms with Crippen LogP contribution in [0.3, 0.4) is 0 Å². The lowest BCUT2D eigenvalue weighted by Crippen LogP contribution is -2.29. The van der Waals surface area contributed by atoms with Crippen LogP contribution in [0, 0.1) is 6.92 Å². The van der Waals surface area contributed by atoms with Gasteiger partial charge < -0.3 is 14.4 Å². The number of rotatable bonds is 5. The molecule has 3 rings (SSSR count). The van der Waals surface area contributed by atoms with E-state index in [4.69, 9.17) is 9.26 Å². The maximum Gasteiger partial charge on any atom is 0.223 e. The Labute approximate surface area is 129 Å². The van der Waals surface area contributed by atoms with Gasteiger partial charge in [0.1, 0.15) is 5.75 Å². The van der Waals surface area contributed by atoms with Gasteiger partial charge in [-0.15, -0.1) is 0 Å². The molecule has 1 aliphatic rings. The summed E-state index contributed by atoms with van der Waals surface area (Å²) < 4.78 is 10.3. The van der Waals surface area contributed by atoms with Crippen molar-refractivity contribution >= 4 is 0 Å². The van der Waals surface area contributed by atoms with Crippen molar-refractivity contribution < 1.29 is 14.4 Å². The van der Waals surface area contributed by atoms with Gasteiger partial charge in [0.05, 0.1) is 19.3 Å². The standard InChI is InChI=1S/C16H21N3O3/c1-11-17-16(18-22-11)14-7-4-8-19(14)10-15(20)12-5-3-6-13(9-12)21-2/h3,5-6,9,14-15,20H,4,7-8,10H2,1-2H3/t14-,15+/m0/s1. The van der Waals surface area contributed by atoms with Crippen LogP contribution in [0.5, 0.6) is 5.75 Å². The average Bonchev–Trinajstić information content (AvgIpc) is 3.16. The van der Waals surface area contributed by atoms with Gasteiger partial charge >= 0.3 is 0 Å². The van der Waals surface area contributed by atoms with Gasteiger partial charge in [-0.3, -0.25) is 4.90 Å². The number of aliphatic hydroxyl groups is 1. The predicted molar refractivity (Wildman–Crippen MR) is 80.5 cm³/mol. The largest absolute Gasteiger partial charge is 0.497 e. The first-order valence-corrected chi connectivity index (χ1v) is 7.53. The van der Waals surface area contributed by atoms with Crippen molar-refractivity contribution in [1.82, 2.24) is 15.0 Å². The molecule has 0 spiro atoms. The van der Waals surface area contributed by atoms with Crippen LogP contribution in [0.15, 0.2) is 28.8 Å². The first-order valence-electron chi connectivity index (χ1n) is 7.53. The van der Waals surface area contributed by atoms with E-state index in [-0.39, 0.29) is 6.04 Å². The fourth-order valence-corrected chi connectivity index (χ4v) is 2.96. The van der Waals surface area contributed by atoms with Crippen molar-refractivity contribution in [1.29, 1.82) is 0 Å². The van der Waals surface area contributed by atoms with E-state index in [0.29, 0.717) is 18.3 Å². The zero-order valence-corrected chi connectivity index (χ0v) is 12.9. The van der Waals surface area contributed by atoms with Crippen molar-refractivity contribution in [3.8, 4) is 5.75 Å². The SMILES string of the molecule is COc1cccc([C@H](O)CN2CCC[C@H]2c2noc(C)n2)c1. The summed E-state index contributed by atoms with van der Waals surface area (Å²) in [6.07, 6.45) is 1.50. The summed E-state index contributed by atoms with van der Waals surface area (Å²) >= 11 is 0. The molecule has 1 N–H and O–H groups in total. The van der Waals surface area contributed by atoms with E-state index in [1.54, 1.807) is 14.0 Å². The normalized spacial score (nSPS) is 20.2. The zero-order valence-electron chi connectivity index (χ0n) is 12.9. The Balaban J connectivity index is 1.71. The highest BCUT2D eigenvalue weighted by atomic mass is 16.5. The molecule has 1 aliphatic heterocycles. The minimum Gasteiger partial charge on any atom is -0.497 e. The van der Waals surface area contributed by atoms with Gasteiger partial charge in [-0.05, 0) is 37.1 Å². The van der Waals surface area contributed by atoms with Crippen molar-refractivity contribution in [2.75, 3.05) is 20.2 Å². The number of benzene rings is 1. The fourth-order valence-electron chi connectivity index (χ4n) is 2.96. The molecule has 0 bridgehead atoms. The number of aryl methyl sites for hydroxylation is 1. The summed E-state index contributed by atoms with van der Waals surface area (Å²) in [6, 6.07) is 7.67. The summed E-state index contributed by atoms with van der Waals surface area (Å²) in [5.74, 6) is 2.05. The molecule has 0 aliphatic carbocycles. The van der Waals surface area contributed by atoms with Crippen molar-refractivity contribution in [3.63, 3.8) is 0 Å². The number of aliphatic hydroxyl groups excluding tert-OH is 1. The molecule has 6 heteroatoms. The molecular formula is C16H21N3O3. The Bertz CT molecular complexity index is 629. The maximum absolute atomic E-state index is 10.5. The Morgan fingerprint density at radius 1 is 1.50 bits per heavy atom. The van der Waals surface area contributed by atoms with Crippen molar-refractivity contribution in [2.24, 2.45) is 0 Å². The summed E-state index contributed by atoms with van der Waals surface area (Å²) in [6.45, 7) is 3.27. The zero-order chi connectivity index (χ0) is 15.5. The van der Waals surface area contributed by atoms with Gasteiger partial charge in [0.15, 0.2) is 5.82 Å². The minimum atomic E-state index is -0.566. The lowest BCUT2D eigenvalue weighted by atomic mass is 10.1. The van der Waals surface area contributed by atoms with Crippen molar-refractivity contribution in [2.45, 2.75) is 31.9 Å². The van der Waals surface area contributed by atoms with Crippen LogP contribution >= 0.6 is 0 Å². The Morgan fingerprint density at radius 3 is 3.09 bits per heavy atom. The minimum absolute atomic E-state index is 0.123. The second-order valence-corrected chi connectivity index (χ2v) is 5.62. The van der Waals surface area contributed by atoms with Crippen LogP contribution in [0.1, 0.15) is 42.3 Å². The topological polar surface area (TPSA) is 71.6 Å². The number of aromatic nitrogens is 2. The molecule has 0 saturated carbocycles. The smallest absolute Gasteiger partial charge is 0.223 e. The van der Waals surface area contributed by atoms with Crippen LogP contribution < -0.4 is 4.74 Å². The molecule has 0 radical (unpaired) electrons. The number of ether oxygens (including phenoxy) is 1. The van der Waals surface area contributed by atoms with E-state index in [1.165, 1.54) is 0 Å². The number of hydrogen-bond acceptors (Lipinski definition) is 6. The summed E-state index contributed by atoms with van der Waals surface area (Å²) in [7, 11) is 1.63. The Kier molecular flexibility index (Phi) is 4.40. The molecule has 1 aromatic heterocycles. The van der Waals surface area contributed by atoms with E-state index in [0.717, 1.165) is 30.7 Å². The van der Waals surface area contributed by atoms with Crippen LogP contribution in [-0.2, 0) is 0 Å². The first kappa shape index (κ1) is 15.0. The molecule has 1 aromatic carbocycles. The summed E-state index contributed by atoms with van der Waals surface area (Å²) in [5, 5.41) is 14.5.